The van der Waals surface area contributed by atoms with Crippen molar-refractivity contribution in [3.05, 3.63) is 42.4 Å². The fourth-order valence-electron chi connectivity index (χ4n) is 2.63. The Morgan fingerprint density at radius 3 is 3.09 bits per heavy atom. The number of morpholine rings is 1. The third-order valence-corrected chi connectivity index (χ3v) is 3.91. The standard InChI is InChI=1S/C17H22N4O2/c22-17(18-7-3-8-20-10-12-23-13-11-20)6-5-15-14-19-16-4-1-2-9-21(15)16/h1-2,4-6,9,14H,3,7-8,10-13H2,(H,18,22)/b6-5+. The molecule has 6 nitrogen and oxygen atoms in total. The average molecular weight is 314 g/mol. The van der Waals surface area contributed by atoms with Gasteiger partial charge < -0.3 is 14.5 Å². The Kier molecular flexibility index (Phi) is 5.39. The summed E-state index contributed by atoms with van der Waals surface area (Å²) < 4.78 is 7.26. The van der Waals surface area contributed by atoms with E-state index in [0.717, 1.165) is 50.6 Å². The molecule has 6 heteroatoms. The molecule has 1 amide bonds. The van der Waals surface area contributed by atoms with Gasteiger partial charge in [0.25, 0.3) is 0 Å². The molecule has 1 aliphatic rings. The van der Waals surface area contributed by atoms with Crippen molar-refractivity contribution >= 4 is 17.6 Å². The second-order valence-electron chi connectivity index (χ2n) is 5.54. The Morgan fingerprint density at radius 2 is 2.22 bits per heavy atom. The first-order valence-electron chi connectivity index (χ1n) is 8.01. The first-order valence-corrected chi connectivity index (χ1v) is 8.01. The van der Waals surface area contributed by atoms with Crippen LogP contribution in [0.5, 0.6) is 0 Å². The van der Waals surface area contributed by atoms with Gasteiger partial charge in [0.1, 0.15) is 5.65 Å². The minimum absolute atomic E-state index is 0.0714. The second-order valence-corrected chi connectivity index (χ2v) is 5.54. The number of aromatic nitrogens is 2. The number of hydrogen-bond donors (Lipinski definition) is 1. The summed E-state index contributed by atoms with van der Waals surface area (Å²) in [6.45, 7) is 5.29. The van der Waals surface area contributed by atoms with E-state index in [2.05, 4.69) is 15.2 Å². The van der Waals surface area contributed by atoms with E-state index in [9.17, 15) is 4.79 Å². The van der Waals surface area contributed by atoms with Crippen LogP contribution in [0.3, 0.4) is 0 Å². The Morgan fingerprint density at radius 1 is 1.35 bits per heavy atom. The lowest BCUT2D eigenvalue weighted by Crippen LogP contribution is -2.38. The van der Waals surface area contributed by atoms with Gasteiger partial charge in [0.2, 0.25) is 5.91 Å². The normalized spacial score (nSPS) is 16.2. The van der Waals surface area contributed by atoms with Gasteiger partial charge in [0.05, 0.1) is 25.1 Å². The van der Waals surface area contributed by atoms with Crippen LogP contribution in [0.15, 0.2) is 36.7 Å². The predicted molar refractivity (Wildman–Crippen MR) is 89.1 cm³/mol. The van der Waals surface area contributed by atoms with Crippen LogP contribution in [-0.4, -0.2) is 59.6 Å². The van der Waals surface area contributed by atoms with Gasteiger partial charge in [0, 0.05) is 31.9 Å². The van der Waals surface area contributed by atoms with Crippen molar-refractivity contribution in [1.29, 1.82) is 0 Å². The number of amides is 1. The van der Waals surface area contributed by atoms with Gasteiger partial charge in [-0.1, -0.05) is 6.07 Å². The van der Waals surface area contributed by atoms with Crippen LogP contribution in [0.4, 0.5) is 0 Å². The Hall–Kier alpha value is -2.18. The van der Waals surface area contributed by atoms with Gasteiger partial charge in [-0.3, -0.25) is 9.69 Å². The highest BCUT2D eigenvalue weighted by molar-refractivity contribution is 5.91. The molecule has 2 aromatic rings. The molecule has 3 heterocycles. The summed E-state index contributed by atoms with van der Waals surface area (Å²) >= 11 is 0. The maximum absolute atomic E-state index is 11.9. The number of carbonyl (C=O) groups is 1. The molecule has 0 bridgehead atoms. The van der Waals surface area contributed by atoms with Gasteiger partial charge in [-0.25, -0.2) is 4.98 Å². The number of imidazole rings is 1. The molecule has 0 aromatic carbocycles. The number of pyridine rings is 1. The summed E-state index contributed by atoms with van der Waals surface area (Å²) in [5.74, 6) is -0.0714. The number of ether oxygens (including phenoxy) is 1. The molecule has 0 aliphatic carbocycles. The van der Waals surface area contributed by atoms with E-state index >= 15 is 0 Å². The number of nitrogens with one attached hydrogen (secondary N) is 1. The van der Waals surface area contributed by atoms with E-state index in [-0.39, 0.29) is 5.91 Å². The van der Waals surface area contributed by atoms with Crippen LogP contribution in [0, 0.1) is 0 Å². The molecule has 2 aromatic heterocycles. The van der Waals surface area contributed by atoms with Crippen LogP contribution in [0.2, 0.25) is 0 Å². The van der Waals surface area contributed by atoms with E-state index in [0.29, 0.717) is 6.54 Å². The van der Waals surface area contributed by atoms with Crippen LogP contribution in [0.1, 0.15) is 12.1 Å². The van der Waals surface area contributed by atoms with Crippen molar-refractivity contribution < 1.29 is 9.53 Å². The summed E-state index contributed by atoms with van der Waals surface area (Å²) in [7, 11) is 0. The molecule has 23 heavy (non-hydrogen) atoms. The molecule has 0 atom stereocenters. The number of hydrogen-bond acceptors (Lipinski definition) is 4. The molecular formula is C17H22N4O2. The first kappa shape index (κ1) is 15.7. The monoisotopic (exact) mass is 314 g/mol. The Balaban J connectivity index is 1.42. The minimum Gasteiger partial charge on any atom is -0.379 e. The zero-order valence-corrected chi connectivity index (χ0v) is 13.1. The molecule has 0 saturated carbocycles. The maximum atomic E-state index is 11.9. The zero-order chi connectivity index (χ0) is 15.9. The third kappa shape index (κ3) is 4.40. The lowest BCUT2D eigenvalue weighted by Gasteiger charge is -2.26. The zero-order valence-electron chi connectivity index (χ0n) is 13.1. The third-order valence-electron chi connectivity index (χ3n) is 3.91. The van der Waals surface area contributed by atoms with Crippen molar-refractivity contribution in [3.8, 4) is 0 Å². The molecule has 122 valence electrons. The van der Waals surface area contributed by atoms with Crippen molar-refractivity contribution in [2.24, 2.45) is 0 Å². The lowest BCUT2D eigenvalue weighted by molar-refractivity contribution is -0.116. The summed E-state index contributed by atoms with van der Waals surface area (Å²) in [5.41, 5.74) is 1.77. The summed E-state index contributed by atoms with van der Waals surface area (Å²) in [6.07, 6.45) is 8.00. The van der Waals surface area contributed by atoms with E-state index in [1.54, 1.807) is 18.3 Å². The fourth-order valence-corrected chi connectivity index (χ4v) is 2.63. The fraction of sp³-hybridized carbons (Fsp3) is 0.412. The molecule has 0 spiro atoms. The van der Waals surface area contributed by atoms with Crippen LogP contribution in [0.25, 0.3) is 11.7 Å². The van der Waals surface area contributed by atoms with Gasteiger partial charge in [-0.2, -0.15) is 0 Å². The van der Waals surface area contributed by atoms with Gasteiger partial charge >= 0.3 is 0 Å². The lowest BCUT2D eigenvalue weighted by atomic mass is 10.3. The van der Waals surface area contributed by atoms with Gasteiger partial charge in [0.15, 0.2) is 0 Å². The number of nitrogens with zero attached hydrogens (tertiary/aromatic N) is 3. The molecule has 1 N–H and O–H groups in total. The smallest absolute Gasteiger partial charge is 0.244 e. The average Bonchev–Trinajstić information content (AvgIpc) is 3.01. The minimum atomic E-state index is -0.0714. The molecule has 1 fully saturated rings. The summed E-state index contributed by atoms with van der Waals surface area (Å²) in [4.78, 5) is 18.5. The van der Waals surface area contributed by atoms with E-state index in [1.165, 1.54) is 0 Å². The van der Waals surface area contributed by atoms with E-state index < -0.39 is 0 Å². The quantitative estimate of drug-likeness (QED) is 0.643. The highest BCUT2D eigenvalue weighted by atomic mass is 16.5. The number of carbonyl (C=O) groups excluding carboxylic acids is 1. The molecule has 0 radical (unpaired) electrons. The van der Waals surface area contributed by atoms with Crippen molar-refractivity contribution in [1.82, 2.24) is 19.6 Å². The SMILES string of the molecule is O=C(/C=C/c1cnc2ccccn12)NCCCN1CCOCC1. The predicted octanol–water partition coefficient (Wildman–Crippen LogP) is 1.19. The van der Waals surface area contributed by atoms with Crippen LogP contribution in [-0.2, 0) is 9.53 Å². The topological polar surface area (TPSA) is 58.9 Å². The summed E-state index contributed by atoms with van der Waals surface area (Å²) in [5, 5.41) is 2.92. The van der Waals surface area contributed by atoms with Gasteiger partial charge in [-0.15, -0.1) is 0 Å². The summed E-state index contributed by atoms with van der Waals surface area (Å²) in [6, 6.07) is 5.82. The molecule has 3 rings (SSSR count). The van der Waals surface area contributed by atoms with Crippen molar-refractivity contribution in [2.75, 3.05) is 39.4 Å². The number of rotatable bonds is 6. The molecule has 0 unspecified atom stereocenters. The van der Waals surface area contributed by atoms with Crippen molar-refractivity contribution in [3.63, 3.8) is 0 Å². The Bertz CT molecular complexity index is 674. The Labute approximate surface area is 135 Å². The van der Waals surface area contributed by atoms with Crippen LogP contribution >= 0.6 is 0 Å². The molecular weight excluding hydrogens is 292 g/mol. The van der Waals surface area contributed by atoms with E-state index in [4.69, 9.17) is 4.74 Å². The number of fused-ring (bicyclic) bond motifs is 1. The molecule has 1 aliphatic heterocycles. The maximum Gasteiger partial charge on any atom is 0.244 e. The molecule has 1 saturated heterocycles. The first-order chi connectivity index (χ1) is 11.3. The highest BCUT2D eigenvalue weighted by Gasteiger charge is 2.09. The van der Waals surface area contributed by atoms with Gasteiger partial charge in [-0.05, 0) is 31.2 Å². The van der Waals surface area contributed by atoms with E-state index in [1.807, 2.05) is 28.8 Å². The highest BCUT2D eigenvalue weighted by Crippen LogP contribution is 2.07. The van der Waals surface area contributed by atoms with Crippen molar-refractivity contribution in [2.45, 2.75) is 6.42 Å². The van der Waals surface area contributed by atoms with Crippen LogP contribution < -0.4 is 5.32 Å². The second kappa shape index (κ2) is 7.89. The largest absolute Gasteiger partial charge is 0.379 e.